The molecule has 0 radical (unpaired) electrons. The van der Waals surface area contributed by atoms with Crippen molar-refractivity contribution in [3.05, 3.63) is 35.0 Å². The lowest BCUT2D eigenvalue weighted by atomic mass is 10.0. The maximum atomic E-state index is 12.6. The number of nitrogens with one attached hydrogen (secondary N) is 2. The maximum Gasteiger partial charge on any atom is 0.344 e. The van der Waals surface area contributed by atoms with Crippen molar-refractivity contribution >= 4 is 19.9 Å². The molecule has 0 aliphatic rings. The van der Waals surface area contributed by atoms with Gasteiger partial charge in [-0.25, -0.2) is 31.8 Å². The van der Waals surface area contributed by atoms with Crippen LogP contribution in [0.1, 0.15) is 0 Å². The van der Waals surface area contributed by atoms with Crippen LogP contribution >= 0.6 is 0 Å². The summed E-state index contributed by atoms with van der Waals surface area (Å²) >= 11 is 0. The number of hydrogen-bond acceptors (Lipinski definition) is 9. The molecule has 0 saturated carbocycles. The fraction of sp³-hybridized carbons (Fsp3) is 0.154. The van der Waals surface area contributed by atoms with E-state index in [0.717, 1.165) is 6.07 Å². The van der Waals surface area contributed by atoms with E-state index >= 15 is 0 Å². The zero-order chi connectivity index (χ0) is 20.5. The van der Waals surface area contributed by atoms with Crippen LogP contribution in [0.15, 0.2) is 39.1 Å². The molecule has 15 heteroatoms. The summed E-state index contributed by atoms with van der Waals surface area (Å²) in [5.41, 5.74) is 3.15. The van der Waals surface area contributed by atoms with Gasteiger partial charge >= 0.3 is 5.69 Å². The van der Waals surface area contributed by atoms with Crippen molar-refractivity contribution in [1.29, 1.82) is 0 Å². The van der Waals surface area contributed by atoms with Gasteiger partial charge in [-0.2, -0.15) is 5.21 Å². The molecular formula is C13H15N8O5S2+. The minimum atomic E-state index is -4.54. The molecule has 7 N–H and O–H groups in total. The molecule has 3 rings (SSSR count). The highest BCUT2D eigenvalue weighted by Crippen LogP contribution is 2.38. The fourth-order valence-corrected chi connectivity index (χ4v) is 5.43. The van der Waals surface area contributed by atoms with Crippen LogP contribution in [0.2, 0.25) is 0 Å². The van der Waals surface area contributed by atoms with Crippen LogP contribution in [-0.4, -0.2) is 59.7 Å². The van der Waals surface area contributed by atoms with E-state index in [-0.39, 0.29) is 34.8 Å². The zero-order valence-corrected chi connectivity index (χ0v) is 15.8. The minimum Gasteiger partial charge on any atom is -0.357 e. The smallest absolute Gasteiger partial charge is 0.344 e. The van der Waals surface area contributed by atoms with Crippen LogP contribution in [0.3, 0.4) is 0 Å². The van der Waals surface area contributed by atoms with Gasteiger partial charge in [-0.3, -0.25) is 0 Å². The van der Waals surface area contributed by atoms with Crippen molar-refractivity contribution in [1.82, 2.24) is 30.6 Å². The monoisotopic (exact) mass is 427 g/mol. The van der Waals surface area contributed by atoms with E-state index in [1.807, 2.05) is 0 Å². The lowest BCUT2D eigenvalue weighted by Crippen LogP contribution is -2.53. The van der Waals surface area contributed by atoms with E-state index in [1.165, 1.54) is 18.5 Å². The molecule has 3 aromatic rings. The normalized spacial score (nSPS) is 12.2. The summed E-state index contributed by atoms with van der Waals surface area (Å²) in [7, 11) is -8.57. The van der Waals surface area contributed by atoms with Gasteiger partial charge in [0, 0.05) is 18.0 Å². The number of rotatable bonds is 6. The van der Waals surface area contributed by atoms with Crippen molar-refractivity contribution in [3.8, 4) is 22.5 Å². The second-order valence-electron chi connectivity index (χ2n) is 5.58. The van der Waals surface area contributed by atoms with E-state index in [0.29, 0.717) is 0 Å². The number of H-pyrrole nitrogens is 2. The predicted octanol–water partition coefficient (Wildman–Crippen LogP) is -2.72. The number of tetrazole rings is 1. The molecule has 0 saturated heterocycles. The SMILES string of the molecule is NS(=O)(=O)c1c(S(=O)(=O)CC[NH3+])ccc(-c2cnc(=O)[nH]c2)c1-c1nn[nH]n1. The number of hydrogen-bond donors (Lipinski definition) is 4. The van der Waals surface area contributed by atoms with Crippen LogP contribution in [0.25, 0.3) is 22.5 Å². The number of nitrogens with two attached hydrogens (primary N) is 1. The number of benzene rings is 1. The Morgan fingerprint density at radius 2 is 1.93 bits per heavy atom. The van der Waals surface area contributed by atoms with Crippen molar-refractivity contribution in [2.75, 3.05) is 12.3 Å². The Morgan fingerprint density at radius 1 is 1.18 bits per heavy atom. The Morgan fingerprint density at radius 3 is 2.46 bits per heavy atom. The highest BCUT2D eigenvalue weighted by molar-refractivity contribution is 7.93. The summed E-state index contributed by atoms with van der Waals surface area (Å²) in [5, 5.41) is 18.5. The van der Waals surface area contributed by atoms with Crippen LogP contribution in [0, 0.1) is 0 Å². The molecule has 0 aliphatic heterocycles. The van der Waals surface area contributed by atoms with Crippen LogP contribution in [0.4, 0.5) is 0 Å². The van der Waals surface area contributed by atoms with E-state index in [4.69, 9.17) is 5.14 Å². The van der Waals surface area contributed by atoms with E-state index in [9.17, 15) is 21.6 Å². The molecule has 0 bridgehead atoms. The van der Waals surface area contributed by atoms with Gasteiger partial charge in [0.15, 0.2) is 9.84 Å². The third kappa shape index (κ3) is 3.68. The predicted molar refractivity (Wildman–Crippen MR) is 94.6 cm³/mol. The Labute approximate surface area is 158 Å². The molecule has 0 spiro atoms. The number of primary sulfonamides is 1. The Kier molecular flexibility index (Phi) is 5.07. The quantitative estimate of drug-likeness (QED) is 0.320. The van der Waals surface area contributed by atoms with Gasteiger partial charge < -0.3 is 10.7 Å². The van der Waals surface area contributed by atoms with Gasteiger partial charge in [0.1, 0.15) is 10.6 Å². The summed E-state index contributed by atoms with van der Waals surface area (Å²) < 4.78 is 50.1. The summed E-state index contributed by atoms with van der Waals surface area (Å²) in [6, 6.07) is 2.47. The molecular weight excluding hydrogens is 412 g/mol. The first-order chi connectivity index (χ1) is 13.1. The summed E-state index contributed by atoms with van der Waals surface area (Å²) in [4.78, 5) is 16.0. The topological polar surface area (TPSA) is 222 Å². The number of sulfone groups is 1. The van der Waals surface area contributed by atoms with Gasteiger partial charge in [-0.15, -0.1) is 10.2 Å². The van der Waals surface area contributed by atoms with Crippen molar-refractivity contribution in [2.45, 2.75) is 9.79 Å². The first-order valence-electron chi connectivity index (χ1n) is 7.66. The number of nitrogens with zero attached hydrogens (tertiary/aromatic N) is 4. The highest BCUT2D eigenvalue weighted by Gasteiger charge is 2.32. The average Bonchev–Trinajstić information content (AvgIpc) is 3.15. The van der Waals surface area contributed by atoms with Crippen LogP contribution < -0.4 is 16.6 Å². The van der Waals surface area contributed by atoms with Gasteiger partial charge in [0.05, 0.1) is 17.0 Å². The van der Waals surface area contributed by atoms with Gasteiger partial charge in [0.25, 0.3) is 0 Å². The molecule has 2 heterocycles. The largest absolute Gasteiger partial charge is 0.357 e. The van der Waals surface area contributed by atoms with Crippen molar-refractivity contribution < 1.29 is 22.6 Å². The van der Waals surface area contributed by atoms with Crippen LogP contribution in [-0.2, 0) is 19.9 Å². The Hall–Kier alpha value is -3.01. The summed E-state index contributed by atoms with van der Waals surface area (Å²) in [5.74, 6) is -0.585. The van der Waals surface area contributed by atoms with E-state index in [2.05, 4.69) is 36.3 Å². The lowest BCUT2D eigenvalue weighted by molar-refractivity contribution is -0.360. The number of aromatic nitrogens is 6. The molecule has 0 aliphatic carbocycles. The first-order valence-corrected chi connectivity index (χ1v) is 10.9. The van der Waals surface area contributed by atoms with Gasteiger partial charge in [-0.05, 0) is 16.8 Å². The van der Waals surface area contributed by atoms with E-state index in [1.54, 1.807) is 0 Å². The maximum absolute atomic E-state index is 12.6. The van der Waals surface area contributed by atoms with Gasteiger partial charge in [0.2, 0.25) is 15.8 Å². The number of aromatic amines is 2. The molecule has 13 nitrogen and oxygen atoms in total. The van der Waals surface area contributed by atoms with E-state index < -0.39 is 35.3 Å². The molecule has 0 atom stereocenters. The average molecular weight is 427 g/mol. The number of sulfonamides is 1. The minimum absolute atomic E-state index is 0.0233. The Bertz CT molecular complexity index is 1260. The van der Waals surface area contributed by atoms with Crippen LogP contribution in [0.5, 0.6) is 0 Å². The lowest BCUT2D eigenvalue weighted by Gasteiger charge is -2.15. The summed E-state index contributed by atoms with van der Waals surface area (Å²) in [6.45, 7) is 0.0233. The zero-order valence-electron chi connectivity index (χ0n) is 14.2. The standard InChI is InChI=1S/C13H14N8O5S2/c14-3-4-27(23,24)9-2-1-8(7-5-16-13(22)17-6-7)10(11(9)28(15,25)26)12-18-20-21-19-12/h1-2,5-6H,3-4,14H2,(H2,15,25,26)(H,16,17,22)(H,18,19,20,21)/p+1. The fourth-order valence-electron chi connectivity index (χ4n) is 2.61. The highest BCUT2D eigenvalue weighted by atomic mass is 32.2. The van der Waals surface area contributed by atoms with Gasteiger partial charge in [-0.1, -0.05) is 6.07 Å². The number of quaternary nitrogens is 1. The molecule has 1 aromatic carbocycles. The molecule has 0 amide bonds. The summed E-state index contributed by atoms with van der Waals surface area (Å²) in [6.07, 6.45) is 2.47. The molecule has 0 unspecified atom stereocenters. The van der Waals surface area contributed by atoms with Crippen molar-refractivity contribution in [2.24, 2.45) is 5.14 Å². The second-order valence-corrected chi connectivity index (χ2v) is 9.15. The van der Waals surface area contributed by atoms with Crippen molar-refractivity contribution in [3.63, 3.8) is 0 Å². The molecule has 0 fully saturated rings. The first kappa shape index (κ1) is 19.7. The second kappa shape index (κ2) is 7.19. The molecule has 28 heavy (non-hydrogen) atoms. The molecule has 2 aromatic heterocycles. The third-order valence-electron chi connectivity index (χ3n) is 3.71. The molecule has 148 valence electrons. The third-order valence-corrected chi connectivity index (χ3v) is 6.66. The Balaban J connectivity index is 2.48.